The van der Waals surface area contributed by atoms with E-state index in [4.69, 9.17) is 0 Å². The van der Waals surface area contributed by atoms with Crippen LogP contribution >= 0.6 is 0 Å². The Kier molecular flexibility index (Phi) is 4.88. The minimum absolute atomic E-state index is 0.00690. The number of nitrogens with zero attached hydrogens (tertiary/aromatic N) is 2. The molecule has 0 spiro atoms. The van der Waals surface area contributed by atoms with Crippen LogP contribution in [0.25, 0.3) is 0 Å². The maximum absolute atomic E-state index is 12.5. The zero-order valence-corrected chi connectivity index (χ0v) is 12.0. The number of aliphatic hydroxyl groups is 1. The molecule has 1 heterocycles. The first-order valence-corrected chi connectivity index (χ1v) is 6.99. The van der Waals surface area contributed by atoms with Crippen molar-refractivity contribution in [2.24, 2.45) is 5.92 Å². The van der Waals surface area contributed by atoms with Crippen molar-refractivity contribution in [3.8, 4) is 0 Å². The molecule has 1 aromatic rings. The molecular weight excluding hydrogens is 317 g/mol. The Hall–Kier alpha value is -2.16. The molecule has 1 N–H and O–H groups in total. The second-order valence-corrected chi connectivity index (χ2v) is 5.39. The molecule has 1 aliphatic heterocycles. The van der Waals surface area contributed by atoms with E-state index in [2.05, 4.69) is 0 Å². The van der Waals surface area contributed by atoms with Gasteiger partial charge in [0.05, 0.1) is 4.92 Å². The minimum Gasteiger partial charge on any atom is -0.383 e. The molecule has 0 aliphatic carbocycles. The predicted molar refractivity (Wildman–Crippen MR) is 73.8 cm³/mol. The van der Waals surface area contributed by atoms with Crippen LogP contribution in [0.15, 0.2) is 24.3 Å². The fourth-order valence-corrected chi connectivity index (χ4v) is 2.67. The summed E-state index contributed by atoms with van der Waals surface area (Å²) in [5.41, 5.74) is -0.428. The van der Waals surface area contributed by atoms with Gasteiger partial charge in [-0.25, -0.2) is 0 Å². The summed E-state index contributed by atoms with van der Waals surface area (Å²) in [6, 6.07) is 5.44. The number of likely N-dealkylation sites (tertiary alicyclic amines) is 1. The smallest absolute Gasteiger partial charge is 0.383 e. The molecule has 1 saturated heterocycles. The minimum atomic E-state index is -4.69. The molecule has 1 aromatic carbocycles. The van der Waals surface area contributed by atoms with Gasteiger partial charge in [-0.2, -0.15) is 13.2 Å². The van der Waals surface area contributed by atoms with E-state index in [-0.39, 0.29) is 37.2 Å². The molecule has 126 valence electrons. The lowest BCUT2D eigenvalue weighted by Crippen LogP contribution is -2.45. The first-order chi connectivity index (χ1) is 10.7. The van der Waals surface area contributed by atoms with Gasteiger partial charge in [0.25, 0.3) is 11.6 Å². The number of para-hydroxylation sites is 1. The molecule has 1 amide bonds. The predicted octanol–water partition coefficient (Wildman–Crippen LogP) is 2.37. The molecule has 1 unspecified atom stereocenters. The number of halogens is 3. The number of carbonyl (C=O) groups excluding carboxylic acids is 1. The van der Waals surface area contributed by atoms with Gasteiger partial charge in [0, 0.05) is 19.2 Å². The number of alkyl halides is 3. The van der Waals surface area contributed by atoms with Crippen molar-refractivity contribution in [3.05, 3.63) is 39.9 Å². The van der Waals surface area contributed by atoms with Crippen LogP contribution in [-0.4, -0.2) is 46.2 Å². The van der Waals surface area contributed by atoms with E-state index < -0.39 is 29.0 Å². The molecule has 0 aromatic heterocycles. The molecule has 0 saturated carbocycles. The van der Waals surface area contributed by atoms with Gasteiger partial charge in [0.2, 0.25) is 0 Å². The Labute approximate surface area is 129 Å². The Balaban J connectivity index is 2.06. The Morgan fingerprint density at radius 2 is 1.87 bits per heavy atom. The van der Waals surface area contributed by atoms with Crippen LogP contribution in [-0.2, 0) is 0 Å². The lowest BCUT2D eigenvalue weighted by Gasteiger charge is -2.34. The number of carbonyl (C=O) groups is 1. The number of amides is 1. The van der Waals surface area contributed by atoms with Crippen molar-refractivity contribution in [1.82, 2.24) is 4.90 Å². The maximum Gasteiger partial charge on any atom is 0.414 e. The molecule has 0 radical (unpaired) electrons. The standard InChI is InChI=1S/C14H15F3N2O4/c15-14(16,17)12(20)9-5-7-18(8-6-9)13(21)10-3-1-2-4-11(10)19(22)23/h1-4,9,12,20H,5-8H2. The Morgan fingerprint density at radius 1 is 1.30 bits per heavy atom. The lowest BCUT2D eigenvalue weighted by atomic mass is 9.90. The second kappa shape index (κ2) is 6.53. The van der Waals surface area contributed by atoms with Gasteiger partial charge in [-0.05, 0) is 24.8 Å². The molecule has 1 fully saturated rings. The summed E-state index contributed by atoms with van der Waals surface area (Å²) >= 11 is 0. The molecule has 1 atom stereocenters. The van der Waals surface area contributed by atoms with Crippen molar-refractivity contribution in [2.45, 2.75) is 25.1 Å². The molecule has 6 nitrogen and oxygen atoms in total. The third-order valence-electron chi connectivity index (χ3n) is 3.94. The van der Waals surface area contributed by atoms with E-state index in [0.29, 0.717) is 0 Å². The summed E-state index contributed by atoms with van der Waals surface area (Å²) in [6.45, 7) is 0.0331. The number of nitro benzene ring substituents is 1. The number of rotatable bonds is 3. The van der Waals surface area contributed by atoms with E-state index in [1.165, 1.54) is 29.2 Å². The van der Waals surface area contributed by atoms with Gasteiger partial charge in [-0.15, -0.1) is 0 Å². The number of piperidine rings is 1. The van der Waals surface area contributed by atoms with Crippen molar-refractivity contribution in [3.63, 3.8) is 0 Å². The number of aliphatic hydroxyl groups excluding tert-OH is 1. The Bertz CT molecular complexity index is 598. The average Bonchev–Trinajstić information content (AvgIpc) is 2.52. The number of nitro groups is 1. The van der Waals surface area contributed by atoms with Crippen LogP contribution in [0.4, 0.5) is 18.9 Å². The van der Waals surface area contributed by atoms with Gasteiger partial charge in [-0.1, -0.05) is 12.1 Å². The number of benzene rings is 1. The van der Waals surface area contributed by atoms with Gasteiger partial charge < -0.3 is 10.0 Å². The largest absolute Gasteiger partial charge is 0.414 e. The topological polar surface area (TPSA) is 83.7 Å². The monoisotopic (exact) mass is 332 g/mol. The van der Waals surface area contributed by atoms with Crippen LogP contribution in [0, 0.1) is 16.0 Å². The Morgan fingerprint density at radius 3 is 2.39 bits per heavy atom. The molecule has 9 heteroatoms. The highest BCUT2D eigenvalue weighted by Crippen LogP contribution is 2.32. The van der Waals surface area contributed by atoms with Crippen molar-refractivity contribution in [2.75, 3.05) is 13.1 Å². The normalized spacial score (nSPS) is 17.8. The first-order valence-electron chi connectivity index (χ1n) is 6.99. The lowest BCUT2D eigenvalue weighted by molar-refractivity contribution is -0.385. The van der Waals surface area contributed by atoms with Gasteiger partial charge in [0.15, 0.2) is 6.10 Å². The summed E-state index contributed by atoms with van der Waals surface area (Å²) in [4.78, 5) is 23.9. The summed E-state index contributed by atoms with van der Waals surface area (Å²) < 4.78 is 37.5. The third-order valence-corrected chi connectivity index (χ3v) is 3.94. The van der Waals surface area contributed by atoms with E-state index in [1.807, 2.05) is 0 Å². The first kappa shape index (κ1) is 17.2. The highest BCUT2D eigenvalue weighted by Gasteiger charge is 2.44. The molecule has 1 aliphatic rings. The van der Waals surface area contributed by atoms with Crippen LogP contribution in [0.1, 0.15) is 23.2 Å². The van der Waals surface area contributed by atoms with E-state index in [1.54, 1.807) is 0 Å². The molecular formula is C14H15F3N2O4. The SMILES string of the molecule is O=C(c1ccccc1[N+](=O)[O-])N1CCC(C(O)C(F)(F)F)CC1. The molecule has 23 heavy (non-hydrogen) atoms. The summed E-state index contributed by atoms with van der Waals surface area (Å²) in [7, 11) is 0. The van der Waals surface area contributed by atoms with E-state index in [9.17, 15) is 33.2 Å². The zero-order chi connectivity index (χ0) is 17.2. The highest BCUT2D eigenvalue weighted by molar-refractivity contribution is 5.98. The zero-order valence-electron chi connectivity index (χ0n) is 12.0. The summed E-state index contributed by atoms with van der Waals surface area (Å²) in [6.07, 6.45) is -7.11. The maximum atomic E-state index is 12.5. The van der Waals surface area contributed by atoms with Crippen LogP contribution in [0.3, 0.4) is 0 Å². The molecule has 2 rings (SSSR count). The summed E-state index contributed by atoms with van der Waals surface area (Å²) in [5, 5.41) is 20.2. The van der Waals surface area contributed by atoms with Crippen LogP contribution < -0.4 is 0 Å². The van der Waals surface area contributed by atoms with E-state index >= 15 is 0 Å². The second-order valence-electron chi connectivity index (χ2n) is 5.39. The van der Waals surface area contributed by atoms with Crippen molar-refractivity contribution >= 4 is 11.6 Å². The number of hydrogen-bond acceptors (Lipinski definition) is 4. The van der Waals surface area contributed by atoms with Crippen LogP contribution in [0.5, 0.6) is 0 Å². The number of hydrogen-bond donors (Lipinski definition) is 1. The van der Waals surface area contributed by atoms with Crippen molar-refractivity contribution < 1.29 is 28.0 Å². The highest BCUT2D eigenvalue weighted by atomic mass is 19.4. The summed E-state index contributed by atoms with van der Waals surface area (Å²) in [5.74, 6) is -1.55. The van der Waals surface area contributed by atoms with Crippen molar-refractivity contribution in [1.29, 1.82) is 0 Å². The van der Waals surface area contributed by atoms with Gasteiger partial charge >= 0.3 is 6.18 Å². The average molecular weight is 332 g/mol. The fraction of sp³-hybridized carbons (Fsp3) is 0.500. The van der Waals surface area contributed by atoms with Gasteiger partial charge in [-0.3, -0.25) is 14.9 Å². The van der Waals surface area contributed by atoms with E-state index in [0.717, 1.165) is 0 Å². The fourth-order valence-electron chi connectivity index (χ4n) is 2.67. The quantitative estimate of drug-likeness (QED) is 0.680. The molecule has 0 bridgehead atoms. The van der Waals surface area contributed by atoms with Gasteiger partial charge in [0.1, 0.15) is 5.56 Å². The van der Waals surface area contributed by atoms with Crippen LogP contribution in [0.2, 0.25) is 0 Å². The third kappa shape index (κ3) is 3.79.